The number of nitrogens with zero attached hydrogens (tertiary/aromatic N) is 1. The number of benzene rings is 1. The molecule has 5 heteroatoms. The molecule has 0 aliphatic heterocycles. The normalized spacial score (nSPS) is 12.2. The summed E-state index contributed by atoms with van der Waals surface area (Å²) in [7, 11) is 1.69. The number of aliphatic hydroxyl groups is 1. The van der Waals surface area contributed by atoms with Crippen molar-refractivity contribution in [2.45, 2.75) is 6.10 Å². The van der Waals surface area contributed by atoms with Gasteiger partial charge >= 0.3 is 0 Å². The van der Waals surface area contributed by atoms with E-state index in [9.17, 15) is 9.90 Å². The molecule has 1 unspecified atom stereocenters. The molecule has 19 heavy (non-hydrogen) atoms. The summed E-state index contributed by atoms with van der Waals surface area (Å²) in [5.74, 6) is -0.108. The molecule has 0 spiro atoms. The third kappa shape index (κ3) is 3.43. The van der Waals surface area contributed by atoms with Crippen molar-refractivity contribution in [3.8, 4) is 0 Å². The first kappa shape index (κ1) is 14.2. The lowest BCUT2D eigenvalue weighted by Crippen LogP contribution is -2.31. The monoisotopic (exact) mass is 339 g/mol. The van der Waals surface area contributed by atoms with Gasteiger partial charge in [-0.25, -0.2) is 0 Å². The number of halogens is 1. The Bertz CT molecular complexity index is 556. The molecule has 0 radical (unpaired) electrons. The third-order valence-corrected chi connectivity index (χ3v) is 4.43. The van der Waals surface area contributed by atoms with E-state index in [1.54, 1.807) is 13.1 Å². The summed E-state index contributed by atoms with van der Waals surface area (Å²) < 4.78 is 0.762. The lowest BCUT2D eigenvalue weighted by atomic mass is 10.2. The third-order valence-electron chi connectivity index (χ3n) is 2.77. The first-order chi connectivity index (χ1) is 9.09. The van der Waals surface area contributed by atoms with Crippen LogP contribution in [0.1, 0.15) is 21.3 Å². The van der Waals surface area contributed by atoms with Crippen molar-refractivity contribution < 1.29 is 9.90 Å². The van der Waals surface area contributed by atoms with Crippen LogP contribution in [-0.2, 0) is 0 Å². The van der Waals surface area contributed by atoms with Gasteiger partial charge in [-0.3, -0.25) is 4.79 Å². The molecule has 1 aromatic heterocycles. The zero-order valence-electron chi connectivity index (χ0n) is 10.4. The van der Waals surface area contributed by atoms with Crippen LogP contribution in [-0.4, -0.2) is 29.5 Å². The fraction of sp³-hybridized carbons (Fsp3) is 0.214. The van der Waals surface area contributed by atoms with Crippen molar-refractivity contribution in [2.24, 2.45) is 0 Å². The summed E-state index contributed by atoms with van der Waals surface area (Å²) in [6.45, 7) is 0.278. The molecule has 0 aliphatic rings. The standard InChI is InChI=1S/C14H14BrNO2S/c1-16(9-12(17)13-7-4-8-19-13)14(18)10-5-2-3-6-11(10)15/h2-8,12,17H,9H2,1H3. The Kier molecular flexibility index (Phi) is 4.74. The van der Waals surface area contributed by atoms with Gasteiger partial charge in [-0.05, 0) is 39.5 Å². The van der Waals surface area contributed by atoms with Crippen molar-refractivity contribution in [2.75, 3.05) is 13.6 Å². The van der Waals surface area contributed by atoms with Crippen molar-refractivity contribution in [1.29, 1.82) is 0 Å². The summed E-state index contributed by atoms with van der Waals surface area (Å²) in [5.41, 5.74) is 0.600. The smallest absolute Gasteiger partial charge is 0.254 e. The molecule has 0 saturated heterocycles. The molecule has 0 saturated carbocycles. The summed E-state index contributed by atoms with van der Waals surface area (Å²) in [5, 5.41) is 12.0. The molecule has 1 N–H and O–H groups in total. The van der Waals surface area contributed by atoms with Crippen molar-refractivity contribution in [3.63, 3.8) is 0 Å². The number of thiophene rings is 1. The zero-order valence-corrected chi connectivity index (χ0v) is 12.8. The van der Waals surface area contributed by atoms with Gasteiger partial charge in [0, 0.05) is 16.4 Å². The fourth-order valence-electron chi connectivity index (χ4n) is 1.75. The Labute approximate surface area is 124 Å². The lowest BCUT2D eigenvalue weighted by Gasteiger charge is -2.20. The lowest BCUT2D eigenvalue weighted by molar-refractivity contribution is 0.0685. The number of rotatable bonds is 4. The molecule has 0 fully saturated rings. The average molecular weight is 340 g/mol. The highest BCUT2D eigenvalue weighted by Crippen LogP contribution is 2.21. The minimum Gasteiger partial charge on any atom is -0.386 e. The second-order valence-corrected chi connectivity index (χ2v) is 6.03. The number of carbonyl (C=O) groups is 1. The van der Waals surface area contributed by atoms with E-state index in [2.05, 4.69) is 15.9 Å². The molecule has 1 aromatic carbocycles. The van der Waals surface area contributed by atoms with Gasteiger partial charge in [0.1, 0.15) is 6.10 Å². The second-order valence-electron chi connectivity index (χ2n) is 4.20. The number of amides is 1. The van der Waals surface area contributed by atoms with Gasteiger partial charge in [0.2, 0.25) is 0 Å². The molecule has 100 valence electrons. The Morgan fingerprint density at radius 2 is 2.11 bits per heavy atom. The van der Waals surface area contributed by atoms with E-state index >= 15 is 0 Å². The molecule has 2 rings (SSSR count). The quantitative estimate of drug-likeness (QED) is 0.928. The maximum absolute atomic E-state index is 12.3. The SMILES string of the molecule is CN(CC(O)c1cccs1)C(=O)c1ccccc1Br. The van der Waals surface area contributed by atoms with Gasteiger partial charge in [0.25, 0.3) is 5.91 Å². The molecular weight excluding hydrogens is 326 g/mol. The molecule has 1 amide bonds. The maximum atomic E-state index is 12.3. The van der Waals surface area contributed by atoms with E-state index in [1.807, 2.05) is 35.7 Å². The van der Waals surface area contributed by atoms with E-state index < -0.39 is 6.10 Å². The van der Waals surface area contributed by atoms with E-state index in [4.69, 9.17) is 0 Å². The maximum Gasteiger partial charge on any atom is 0.254 e. The van der Waals surface area contributed by atoms with Crippen molar-refractivity contribution >= 4 is 33.2 Å². The van der Waals surface area contributed by atoms with Crippen LogP contribution in [0, 0.1) is 0 Å². The first-order valence-electron chi connectivity index (χ1n) is 5.81. The molecule has 1 atom stereocenters. The minimum absolute atomic E-state index is 0.108. The number of hydrogen-bond acceptors (Lipinski definition) is 3. The van der Waals surface area contributed by atoms with Crippen LogP contribution in [0.3, 0.4) is 0 Å². The second kappa shape index (κ2) is 6.32. The number of aliphatic hydroxyl groups excluding tert-OH is 1. The molecule has 3 nitrogen and oxygen atoms in total. The van der Waals surface area contributed by atoms with E-state index in [-0.39, 0.29) is 12.5 Å². The van der Waals surface area contributed by atoms with Crippen LogP contribution in [0.4, 0.5) is 0 Å². The predicted molar refractivity (Wildman–Crippen MR) is 80.4 cm³/mol. The average Bonchev–Trinajstić information content (AvgIpc) is 2.92. The van der Waals surface area contributed by atoms with Crippen LogP contribution in [0.5, 0.6) is 0 Å². The summed E-state index contributed by atoms with van der Waals surface area (Å²) >= 11 is 4.85. The highest BCUT2D eigenvalue weighted by Gasteiger charge is 2.18. The fourth-order valence-corrected chi connectivity index (χ4v) is 2.91. The Morgan fingerprint density at radius 1 is 1.37 bits per heavy atom. The number of hydrogen-bond donors (Lipinski definition) is 1. The topological polar surface area (TPSA) is 40.5 Å². The Hall–Kier alpha value is -1.17. The number of carbonyl (C=O) groups excluding carboxylic acids is 1. The van der Waals surface area contributed by atoms with Gasteiger partial charge in [-0.15, -0.1) is 11.3 Å². The number of likely N-dealkylation sites (N-methyl/N-ethyl adjacent to an activating group) is 1. The Balaban J connectivity index is 2.06. The molecular formula is C14H14BrNO2S. The Morgan fingerprint density at radius 3 is 2.74 bits per heavy atom. The molecule has 1 heterocycles. The van der Waals surface area contributed by atoms with Crippen LogP contribution >= 0.6 is 27.3 Å². The zero-order chi connectivity index (χ0) is 13.8. The predicted octanol–water partition coefficient (Wildman–Crippen LogP) is 3.32. The largest absolute Gasteiger partial charge is 0.386 e. The van der Waals surface area contributed by atoms with Gasteiger partial charge in [-0.2, -0.15) is 0 Å². The van der Waals surface area contributed by atoms with Crippen LogP contribution in [0.25, 0.3) is 0 Å². The van der Waals surface area contributed by atoms with Gasteiger partial charge < -0.3 is 10.0 Å². The molecule has 2 aromatic rings. The summed E-state index contributed by atoms with van der Waals surface area (Å²) in [6.07, 6.45) is -0.642. The first-order valence-corrected chi connectivity index (χ1v) is 7.48. The van der Waals surface area contributed by atoms with Crippen LogP contribution in [0.15, 0.2) is 46.3 Å². The van der Waals surface area contributed by atoms with Gasteiger partial charge in [0.05, 0.1) is 12.1 Å². The van der Waals surface area contributed by atoms with Crippen molar-refractivity contribution in [3.05, 3.63) is 56.7 Å². The van der Waals surface area contributed by atoms with Crippen LogP contribution in [0.2, 0.25) is 0 Å². The molecule has 0 aliphatic carbocycles. The van der Waals surface area contributed by atoms with E-state index in [0.29, 0.717) is 5.56 Å². The highest BCUT2D eigenvalue weighted by molar-refractivity contribution is 9.10. The van der Waals surface area contributed by atoms with Gasteiger partial charge in [0.15, 0.2) is 0 Å². The summed E-state index contributed by atoms with van der Waals surface area (Å²) in [6, 6.07) is 11.0. The van der Waals surface area contributed by atoms with Gasteiger partial charge in [-0.1, -0.05) is 18.2 Å². The van der Waals surface area contributed by atoms with Crippen molar-refractivity contribution in [1.82, 2.24) is 4.90 Å². The van der Waals surface area contributed by atoms with Crippen LogP contribution < -0.4 is 0 Å². The molecule has 0 bridgehead atoms. The minimum atomic E-state index is -0.642. The van der Waals surface area contributed by atoms with E-state index in [0.717, 1.165) is 9.35 Å². The summed E-state index contributed by atoms with van der Waals surface area (Å²) in [4.78, 5) is 14.7. The highest BCUT2D eigenvalue weighted by atomic mass is 79.9. The van der Waals surface area contributed by atoms with E-state index in [1.165, 1.54) is 16.2 Å².